The van der Waals surface area contributed by atoms with Crippen LogP contribution in [0.5, 0.6) is 0 Å². The van der Waals surface area contributed by atoms with Crippen molar-refractivity contribution >= 4 is 56.6 Å². The molecule has 10 N–H and O–H groups in total. The van der Waals surface area contributed by atoms with Gasteiger partial charge in [-0.3, -0.25) is 0 Å². The van der Waals surface area contributed by atoms with Crippen molar-refractivity contribution in [3.8, 4) is 0 Å². The van der Waals surface area contributed by atoms with Crippen molar-refractivity contribution in [3.63, 3.8) is 0 Å². The summed E-state index contributed by atoms with van der Waals surface area (Å²) in [5.41, 5.74) is -3.19. The van der Waals surface area contributed by atoms with Crippen molar-refractivity contribution in [1.29, 1.82) is 0 Å². The Labute approximate surface area is 430 Å². The predicted molar refractivity (Wildman–Crippen MR) is 280 cm³/mol. The van der Waals surface area contributed by atoms with Crippen LogP contribution in [-0.4, -0.2) is 142 Å². The first-order valence-electron chi connectivity index (χ1n) is 26.3. The van der Waals surface area contributed by atoms with Gasteiger partial charge in [0.1, 0.15) is 48.8 Å². The molecule has 0 saturated carbocycles. The zero-order chi connectivity index (χ0) is 52.2. The number of aliphatic hydroxyl groups excluding tert-OH is 8. The molecule has 400 valence electrons. The number of carbonyl (C=O) groups excluding carboxylic acids is 2. The predicted octanol–water partition coefficient (Wildman–Crippen LogP) is 8.02. The van der Waals surface area contributed by atoms with Gasteiger partial charge in [0.2, 0.25) is 0 Å². The molecular weight excluding hydrogens is 999 g/mol. The van der Waals surface area contributed by atoms with E-state index in [1.807, 2.05) is 0 Å². The molecule has 0 rings (SSSR count). The molecule has 0 bridgehead atoms. The van der Waals surface area contributed by atoms with Crippen LogP contribution < -0.4 is 0 Å². The maximum atomic E-state index is 11.1. The van der Waals surface area contributed by atoms with Crippen LogP contribution in [0.25, 0.3) is 0 Å². The number of hydrogen-bond acceptors (Lipinski definition) is 14. The average molecular weight is 1100 g/mol. The summed E-state index contributed by atoms with van der Waals surface area (Å²) in [5, 5.41) is 101. The number of hydrogen-bond donors (Lipinski definition) is 10. The van der Waals surface area contributed by atoms with Crippen molar-refractivity contribution < 1.29 is 60.7 Å². The summed E-state index contributed by atoms with van der Waals surface area (Å²) in [6.07, 6.45) is 6.73. The van der Waals surface area contributed by atoms with E-state index in [-0.39, 0.29) is 46.8 Å². The minimum absolute atomic E-state index is 0.149. The molecule has 0 aliphatic rings. The van der Waals surface area contributed by atoms with Crippen LogP contribution in [0, 0.1) is 23.7 Å². The zero-order valence-electron chi connectivity index (χ0n) is 43.9. The second-order valence-electron chi connectivity index (χ2n) is 21.0. The molecule has 0 amide bonds. The summed E-state index contributed by atoms with van der Waals surface area (Å²) in [6.45, 7) is 21.8. The Kier molecular flexibility index (Phi) is 45.5. The Morgan fingerprint density at radius 3 is 0.836 bits per heavy atom. The van der Waals surface area contributed by atoms with Crippen LogP contribution in [0.4, 0.5) is 0 Å². The van der Waals surface area contributed by atoms with Gasteiger partial charge in [-0.25, -0.2) is 0 Å². The fourth-order valence-electron chi connectivity index (χ4n) is 7.87. The molecule has 0 radical (unpaired) electrons. The summed E-state index contributed by atoms with van der Waals surface area (Å²) < 4.78 is 3.25. The van der Waals surface area contributed by atoms with Crippen LogP contribution in [0.15, 0.2) is 0 Å². The molecule has 0 aromatic rings. The van der Waals surface area contributed by atoms with Crippen LogP contribution in [0.1, 0.15) is 223 Å². The molecule has 67 heavy (non-hydrogen) atoms. The molecule has 0 saturated heterocycles. The van der Waals surface area contributed by atoms with Gasteiger partial charge in [0.15, 0.2) is 0 Å². The molecule has 0 spiro atoms. The molecule has 0 aliphatic carbocycles. The molecule has 12 nitrogen and oxygen atoms in total. The molecule has 8 atom stereocenters. The van der Waals surface area contributed by atoms with Gasteiger partial charge in [0.05, 0.1) is 11.2 Å². The van der Waals surface area contributed by atoms with E-state index in [2.05, 4.69) is 94.5 Å². The number of unbranched alkanes of at least 4 members (excludes halogenated alkanes) is 10. The van der Waals surface area contributed by atoms with E-state index in [1.54, 1.807) is 8.87 Å². The maximum absolute atomic E-state index is 11.1. The zero-order valence-corrected chi connectivity index (χ0v) is 48.4. The van der Waals surface area contributed by atoms with Crippen LogP contribution >= 0.6 is 0 Å². The quantitative estimate of drug-likeness (QED) is 0.0159. The Bertz CT molecular complexity index is 1040. The van der Waals surface area contributed by atoms with E-state index in [4.69, 9.17) is 0 Å². The topological polar surface area (TPSA) is 236 Å². The monoisotopic (exact) mass is 1100 g/mol. The van der Waals surface area contributed by atoms with E-state index < -0.39 is 70.3 Å². The van der Waals surface area contributed by atoms with Crippen molar-refractivity contribution in [2.45, 2.75) is 292 Å². The van der Waals surface area contributed by atoms with Gasteiger partial charge in [-0.15, -0.1) is 0 Å². The number of carbonyl (C=O) groups is 2. The summed E-state index contributed by atoms with van der Waals surface area (Å²) >= 11 is 8.78. The normalized spacial score (nSPS) is 15.8. The molecular formula is C52H104O12S2Sn. The third kappa shape index (κ3) is 36.7. The Morgan fingerprint density at radius 1 is 0.403 bits per heavy atom. The van der Waals surface area contributed by atoms with Gasteiger partial charge in [-0.2, -0.15) is 0 Å². The van der Waals surface area contributed by atoms with Gasteiger partial charge >= 0.3 is 69.5 Å². The van der Waals surface area contributed by atoms with E-state index >= 15 is 0 Å². The van der Waals surface area contributed by atoms with Crippen LogP contribution in [0.2, 0.25) is 8.87 Å². The Hall–Kier alpha value is 0.179. The second-order valence-corrected chi connectivity index (χ2v) is 26.1. The molecule has 0 heterocycles. The van der Waals surface area contributed by atoms with Gasteiger partial charge in [0.25, 0.3) is 0 Å². The van der Waals surface area contributed by atoms with Crippen molar-refractivity contribution in [1.82, 2.24) is 0 Å². The SMILES string of the molecule is CC(C)CCCCCC(O)(CCCCCC(C)C)[C@@H](O)[C@@H](O)[C@H](O)[C@@H](O)C(=O)[S-].CC(C)CCCCCC(O)(CCCCCC(C)C)[C@@H](O)[C@@H](O)[C@H](O)[C@@H](O)C(=O)[S-].CCC[CH2][Sn+2][CH2]CCC. The van der Waals surface area contributed by atoms with E-state index in [0.717, 1.165) is 77.0 Å². The standard InChI is InChI=1S/2C22H44O6S.2C4H9.Sn/c2*1-15(2)11-7-5-9-13-22(28,14-10-6-8-12-16(3)4)20(26)18(24)17(23)19(25)21(27)29;2*1-3-4-2;/h2*15-20,23-26,28H,5-14H2,1-4H3,(H,27,29);2*1,3-4H2,2H3;/q;;;;+2/p-2/t2*17-,18-,19+,20-;;;/m00.../s1. The average Bonchev–Trinajstić information content (AvgIpc) is 3.26. The first-order chi connectivity index (χ1) is 31.3. The van der Waals surface area contributed by atoms with Gasteiger partial charge in [-0.05, 0) is 49.4 Å². The van der Waals surface area contributed by atoms with Crippen LogP contribution in [0.3, 0.4) is 0 Å². The summed E-state index contributed by atoms with van der Waals surface area (Å²) in [4.78, 5) is 22.2. The number of aliphatic hydroxyl groups is 10. The van der Waals surface area contributed by atoms with Crippen molar-refractivity contribution in [3.05, 3.63) is 0 Å². The van der Waals surface area contributed by atoms with Gasteiger partial charge in [-0.1, -0.05) is 158 Å². The van der Waals surface area contributed by atoms with Gasteiger partial charge in [0, 0.05) is 10.2 Å². The fraction of sp³-hybridized carbons (Fsp3) is 0.962. The van der Waals surface area contributed by atoms with Crippen molar-refractivity contribution in [2.75, 3.05) is 0 Å². The molecule has 15 heteroatoms. The van der Waals surface area contributed by atoms with E-state index in [0.29, 0.717) is 49.4 Å². The van der Waals surface area contributed by atoms with Crippen LogP contribution in [-0.2, 0) is 34.8 Å². The van der Waals surface area contributed by atoms with E-state index in [1.165, 1.54) is 25.7 Å². The summed E-state index contributed by atoms with van der Waals surface area (Å²) in [5.74, 6) is 2.43. The Morgan fingerprint density at radius 2 is 0.642 bits per heavy atom. The van der Waals surface area contributed by atoms with E-state index in [9.17, 15) is 60.7 Å². The first kappa shape index (κ1) is 71.4. The second kappa shape index (κ2) is 42.7. The molecule has 0 fully saturated rings. The molecule has 0 aromatic carbocycles. The van der Waals surface area contributed by atoms with Crippen molar-refractivity contribution in [2.24, 2.45) is 23.7 Å². The first-order valence-corrected chi connectivity index (χ1v) is 31.1. The fourth-order valence-corrected chi connectivity index (χ4v) is 12.3. The van der Waals surface area contributed by atoms with Gasteiger partial charge < -0.3 is 85.9 Å². The number of rotatable bonds is 40. The molecule has 0 aromatic heterocycles. The molecule has 0 unspecified atom stereocenters. The summed E-state index contributed by atoms with van der Waals surface area (Å²) in [6, 6.07) is 0. The third-order valence-electron chi connectivity index (χ3n) is 12.6. The Balaban J connectivity index is -0.00000103. The third-order valence-corrected chi connectivity index (χ3v) is 17.1. The molecule has 0 aliphatic heterocycles. The summed E-state index contributed by atoms with van der Waals surface area (Å²) in [7, 11) is 0. The minimum atomic E-state index is -1.98.